The molecule has 31 heavy (non-hydrogen) atoms. The molecule has 2 aliphatic rings. The first-order chi connectivity index (χ1) is 15.2. The summed E-state index contributed by atoms with van der Waals surface area (Å²) in [5, 5.41) is 9.25. The van der Waals surface area contributed by atoms with Crippen LogP contribution in [0.2, 0.25) is 0 Å². The van der Waals surface area contributed by atoms with E-state index in [1.54, 1.807) is 19.2 Å². The van der Waals surface area contributed by atoms with Gasteiger partial charge in [0.25, 0.3) is 5.56 Å². The Hall–Kier alpha value is -3.59. The summed E-state index contributed by atoms with van der Waals surface area (Å²) in [6.45, 7) is 1.61. The molecule has 2 aliphatic heterocycles. The lowest BCUT2D eigenvalue weighted by Gasteiger charge is -2.47. The van der Waals surface area contributed by atoms with Gasteiger partial charge >= 0.3 is 0 Å². The lowest BCUT2D eigenvalue weighted by Crippen LogP contribution is -2.50. The standard InChI is InChI=1S/C25H24N4O2/c1-31-21-7-2-5-17(11-21)12-23-19-13-18(22-8-4-10-25(30)29(22)23)15-28(16-19)24-9-3-6-20(14-26)27-24/h2-11,18-19,23H,12-13,15-16H2,1H3/t18-,19+,23+/m1/s1. The van der Waals surface area contributed by atoms with Crippen LogP contribution in [0.5, 0.6) is 5.75 Å². The second-order valence-electron chi connectivity index (χ2n) is 8.37. The minimum Gasteiger partial charge on any atom is -0.497 e. The summed E-state index contributed by atoms with van der Waals surface area (Å²) in [7, 11) is 1.67. The molecule has 0 unspecified atom stereocenters. The highest BCUT2D eigenvalue weighted by molar-refractivity contribution is 5.44. The molecular weight excluding hydrogens is 388 g/mol. The first kappa shape index (κ1) is 19.4. The van der Waals surface area contributed by atoms with Crippen LogP contribution in [-0.4, -0.2) is 29.8 Å². The van der Waals surface area contributed by atoms with Crippen LogP contribution >= 0.6 is 0 Å². The van der Waals surface area contributed by atoms with Gasteiger partial charge in [-0.1, -0.05) is 24.3 Å². The molecule has 6 nitrogen and oxygen atoms in total. The number of methoxy groups -OCH3 is 1. The van der Waals surface area contributed by atoms with Crippen LogP contribution in [0.15, 0.2) is 65.5 Å². The Bertz CT molecular complexity index is 1210. The summed E-state index contributed by atoms with van der Waals surface area (Å²) in [6.07, 6.45) is 1.82. The summed E-state index contributed by atoms with van der Waals surface area (Å²) in [4.78, 5) is 19.7. The second-order valence-corrected chi connectivity index (χ2v) is 8.37. The summed E-state index contributed by atoms with van der Waals surface area (Å²) < 4.78 is 7.43. The monoisotopic (exact) mass is 412 g/mol. The first-order valence-electron chi connectivity index (χ1n) is 10.6. The molecule has 1 aromatic carbocycles. The molecule has 0 radical (unpaired) electrons. The zero-order chi connectivity index (χ0) is 21.4. The van der Waals surface area contributed by atoms with E-state index in [1.165, 1.54) is 0 Å². The summed E-state index contributed by atoms with van der Waals surface area (Å²) in [5.41, 5.74) is 2.75. The fourth-order valence-electron chi connectivity index (χ4n) is 5.19. The van der Waals surface area contributed by atoms with Crippen molar-refractivity contribution in [3.05, 3.63) is 88.0 Å². The molecule has 0 spiro atoms. The van der Waals surface area contributed by atoms with Crippen LogP contribution in [0.4, 0.5) is 5.82 Å². The number of hydrogen-bond acceptors (Lipinski definition) is 5. The van der Waals surface area contributed by atoms with Gasteiger partial charge in [0.1, 0.15) is 23.3 Å². The number of fused-ring (bicyclic) bond motifs is 4. The van der Waals surface area contributed by atoms with Crippen molar-refractivity contribution in [2.75, 3.05) is 25.1 Å². The molecule has 2 aromatic heterocycles. The summed E-state index contributed by atoms with van der Waals surface area (Å²) in [5.74, 6) is 2.24. The first-order valence-corrected chi connectivity index (χ1v) is 10.6. The van der Waals surface area contributed by atoms with Gasteiger partial charge in [0, 0.05) is 36.8 Å². The quantitative estimate of drug-likeness (QED) is 0.656. The third kappa shape index (κ3) is 3.57. The maximum atomic E-state index is 12.9. The molecule has 2 bridgehead atoms. The van der Waals surface area contributed by atoms with E-state index in [9.17, 15) is 10.1 Å². The van der Waals surface area contributed by atoms with Crippen LogP contribution in [0, 0.1) is 17.2 Å². The molecule has 3 aromatic rings. The van der Waals surface area contributed by atoms with Crippen molar-refractivity contribution < 1.29 is 4.74 Å². The summed E-state index contributed by atoms with van der Waals surface area (Å²) >= 11 is 0. The van der Waals surface area contributed by atoms with Crippen molar-refractivity contribution in [2.24, 2.45) is 5.92 Å². The summed E-state index contributed by atoms with van der Waals surface area (Å²) in [6, 6.07) is 21.5. The number of anilines is 1. The van der Waals surface area contributed by atoms with Crippen molar-refractivity contribution in [1.82, 2.24) is 9.55 Å². The largest absolute Gasteiger partial charge is 0.497 e. The second kappa shape index (κ2) is 7.92. The van der Waals surface area contributed by atoms with E-state index in [2.05, 4.69) is 34.2 Å². The van der Waals surface area contributed by atoms with Gasteiger partial charge in [0.15, 0.2) is 0 Å². The van der Waals surface area contributed by atoms with Crippen molar-refractivity contribution in [3.8, 4) is 11.8 Å². The van der Waals surface area contributed by atoms with E-state index in [0.29, 0.717) is 11.6 Å². The Morgan fingerprint density at radius 2 is 1.97 bits per heavy atom. The average molecular weight is 412 g/mol. The number of ether oxygens (including phenoxy) is 1. The molecule has 0 saturated carbocycles. The highest BCUT2D eigenvalue weighted by Crippen LogP contribution is 2.43. The number of nitriles is 1. The molecule has 0 N–H and O–H groups in total. The van der Waals surface area contributed by atoms with E-state index < -0.39 is 0 Å². The van der Waals surface area contributed by atoms with Crippen LogP contribution < -0.4 is 15.2 Å². The number of rotatable bonds is 4. The van der Waals surface area contributed by atoms with Crippen molar-refractivity contribution >= 4 is 5.82 Å². The zero-order valence-corrected chi connectivity index (χ0v) is 17.4. The Kier molecular flexibility index (Phi) is 4.95. The van der Waals surface area contributed by atoms with Gasteiger partial charge in [0.05, 0.1) is 7.11 Å². The molecule has 1 fully saturated rings. The Morgan fingerprint density at radius 1 is 1.13 bits per heavy atom. The maximum absolute atomic E-state index is 12.9. The molecule has 1 saturated heterocycles. The van der Waals surface area contributed by atoms with Crippen molar-refractivity contribution in [2.45, 2.75) is 24.8 Å². The smallest absolute Gasteiger partial charge is 0.251 e. The normalized spacial score (nSPS) is 21.8. The molecule has 0 aliphatic carbocycles. The SMILES string of the molecule is COc1cccc(C[C@H]2[C@H]3C[C@H](CN(c4cccc(C#N)n4)C3)c3cccc(=O)n32)c1. The molecular formula is C25H24N4O2. The molecule has 0 amide bonds. The lowest BCUT2D eigenvalue weighted by atomic mass is 9.76. The van der Waals surface area contributed by atoms with E-state index >= 15 is 0 Å². The topological polar surface area (TPSA) is 71.2 Å². The zero-order valence-electron chi connectivity index (χ0n) is 17.4. The van der Waals surface area contributed by atoms with E-state index in [0.717, 1.165) is 48.8 Å². The van der Waals surface area contributed by atoms with Gasteiger partial charge in [-0.2, -0.15) is 5.26 Å². The van der Waals surface area contributed by atoms with Crippen LogP contribution in [0.25, 0.3) is 0 Å². The minimum absolute atomic E-state index is 0.0639. The van der Waals surface area contributed by atoms with E-state index in [4.69, 9.17) is 4.74 Å². The van der Waals surface area contributed by atoms with Gasteiger partial charge in [-0.3, -0.25) is 4.79 Å². The lowest BCUT2D eigenvalue weighted by molar-refractivity contribution is 0.211. The molecule has 156 valence electrons. The highest BCUT2D eigenvalue weighted by Gasteiger charge is 2.40. The fourth-order valence-corrected chi connectivity index (χ4v) is 5.19. The third-order valence-electron chi connectivity index (χ3n) is 6.55. The Balaban J connectivity index is 1.54. The number of hydrogen-bond donors (Lipinski definition) is 0. The predicted octanol–water partition coefficient (Wildman–Crippen LogP) is 3.53. The number of piperidine rings is 1. The maximum Gasteiger partial charge on any atom is 0.251 e. The van der Waals surface area contributed by atoms with Gasteiger partial charge in [-0.05, 0) is 54.7 Å². The number of aromatic nitrogens is 2. The van der Waals surface area contributed by atoms with Crippen molar-refractivity contribution in [3.63, 3.8) is 0 Å². The van der Waals surface area contributed by atoms with Gasteiger partial charge in [-0.25, -0.2) is 4.98 Å². The van der Waals surface area contributed by atoms with Crippen LogP contribution in [-0.2, 0) is 6.42 Å². The van der Waals surface area contributed by atoms with Gasteiger partial charge in [-0.15, -0.1) is 0 Å². The van der Waals surface area contributed by atoms with E-state index in [-0.39, 0.29) is 17.5 Å². The highest BCUT2D eigenvalue weighted by atomic mass is 16.5. The fraction of sp³-hybridized carbons (Fsp3) is 0.320. The number of benzene rings is 1. The molecule has 6 heteroatoms. The van der Waals surface area contributed by atoms with Crippen LogP contribution in [0.1, 0.15) is 35.3 Å². The minimum atomic E-state index is 0.0639. The number of nitrogens with zero attached hydrogens (tertiary/aromatic N) is 4. The molecule has 3 atom stereocenters. The Morgan fingerprint density at radius 3 is 2.81 bits per heavy atom. The van der Waals surface area contributed by atoms with Gasteiger partial charge < -0.3 is 14.2 Å². The predicted molar refractivity (Wildman–Crippen MR) is 118 cm³/mol. The molecule has 4 heterocycles. The van der Waals surface area contributed by atoms with Crippen molar-refractivity contribution in [1.29, 1.82) is 5.26 Å². The number of pyridine rings is 2. The average Bonchev–Trinajstić information content (AvgIpc) is 2.82. The van der Waals surface area contributed by atoms with Gasteiger partial charge in [0.2, 0.25) is 0 Å². The Labute approximate surface area is 181 Å². The third-order valence-corrected chi connectivity index (χ3v) is 6.55. The van der Waals surface area contributed by atoms with Crippen LogP contribution in [0.3, 0.4) is 0 Å². The molecule has 5 rings (SSSR count). The van der Waals surface area contributed by atoms with E-state index in [1.807, 2.05) is 34.9 Å².